The zero-order valence-electron chi connectivity index (χ0n) is 17.0. The number of morpholine rings is 1. The molecule has 0 unspecified atom stereocenters. The number of hydrogen-bond acceptors (Lipinski definition) is 7. The van der Waals surface area contributed by atoms with Crippen molar-refractivity contribution < 1.29 is 14.3 Å². The summed E-state index contributed by atoms with van der Waals surface area (Å²) in [7, 11) is 0. The summed E-state index contributed by atoms with van der Waals surface area (Å²) in [5.74, 6) is 2.01. The molecule has 0 bridgehead atoms. The summed E-state index contributed by atoms with van der Waals surface area (Å²) in [6.07, 6.45) is -0.474. The predicted octanol–water partition coefficient (Wildman–Crippen LogP) is 4.33. The Hall–Kier alpha value is -2.71. The Morgan fingerprint density at radius 3 is 2.79 bits per heavy atom. The van der Waals surface area contributed by atoms with E-state index in [1.54, 1.807) is 23.5 Å². The second-order valence-corrected chi connectivity index (χ2v) is 6.97. The second-order valence-electron chi connectivity index (χ2n) is 6.05. The molecule has 3 heterocycles. The zero-order chi connectivity index (χ0) is 20.6. The van der Waals surface area contributed by atoms with E-state index in [4.69, 9.17) is 19.4 Å². The normalized spacial score (nSPS) is 13.6. The lowest BCUT2D eigenvalue weighted by atomic mass is 10.2. The second kappa shape index (κ2) is 10.2. The number of ether oxygens (including phenoxy) is 2. The molecule has 0 spiro atoms. The van der Waals surface area contributed by atoms with Crippen LogP contribution >= 0.6 is 11.3 Å². The number of thiophene rings is 1. The minimum absolute atomic E-state index is 0.459. The Kier molecular flexibility index (Phi) is 7.37. The molecule has 8 heteroatoms. The third-order valence-corrected chi connectivity index (χ3v) is 5.12. The molecule has 1 fully saturated rings. The van der Waals surface area contributed by atoms with Gasteiger partial charge >= 0.3 is 6.09 Å². The molecular weight excluding hydrogens is 388 g/mol. The van der Waals surface area contributed by atoms with E-state index < -0.39 is 6.09 Å². The average molecular weight is 415 g/mol. The van der Waals surface area contributed by atoms with Gasteiger partial charge < -0.3 is 19.7 Å². The van der Waals surface area contributed by atoms with Crippen molar-refractivity contribution >= 4 is 33.5 Å². The highest BCUT2D eigenvalue weighted by molar-refractivity contribution is 7.17. The van der Waals surface area contributed by atoms with E-state index in [0.717, 1.165) is 34.7 Å². The molecule has 2 aromatic heterocycles. The highest BCUT2D eigenvalue weighted by Gasteiger charge is 2.19. The van der Waals surface area contributed by atoms with Crippen molar-refractivity contribution in [3.63, 3.8) is 0 Å². The third kappa shape index (κ3) is 5.02. The Morgan fingerprint density at radius 2 is 2.03 bits per heavy atom. The number of nitrogens with zero attached hydrogens (tertiary/aromatic N) is 3. The van der Waals surface area contributed by atoms with E-state index >= 15 is 0 Å². The number of carbonyl (C=O) groups is 1. The molecule has 1 aliphatic heterocycles. The Balaban J connectivity index is 0.00000117. The Morgan fingerprint density at radius 1 is 1.24 bits per heavy atom. The first-order chi connectivity index (χ1) is 14.2. The lowest BCUT2D eigenvalue weighted by Gasteiger charge is -2.28. The van der Waals surface area contributed by atoms with Gasteiger partial charge in [-0.3, -0.25) is 0 Å². The molecular formula is C21H26N4O3S. The lowest BCUT2D eigenvalue weighted by Crippen LogP contribution is -2.36. The largest absolute Gasteiger partial charge is 0.412 e. The number of fused-ring (bicyclic) bond motifs is 1. The van der Waals surface area contributed by atoms with Gasteiger partial charge in [0, 0.05) is 25.2 Å². The van der Waals surface area contributed by atoms with Crippen molar-refractivity contribution in [2.75, 3.05) is 37.7 Å². The van der Waals surface area contributed by atoms with Crippen LogP contribution in [0, 0.1) is 0 Å². The quantitative estimate of drug-likeness (QED) is 0.685. The highest BCUT2D eigenvalue weighted by Crippen LogP contribution is 2.32. The maximum absolute atomic E-state index is 11.7. The number of amides is 1. The first-order valence-electron chi connectivity index (χ1n) is 9.88. The van der Waals surface area contributed by atoms with Crippen molar-refractivity contribution in [3.8, 4) is 17.1 Å². The highest BCUT2D eigenvalue weighted by atomic mass is 32.1. The summed E-state index contributed by atoms with van der Waals surface area (Å²) in [6, 6.07) is 9.28. The van der Waals surface area contributed by atoms with Crippen LogP contribution in [0.2, 0.25) is 0 Å². The number of benzene rings is 1. The third-order valence-electron chi connectivity index (χ3n) is 4.22. The van der Waals surface area contributed by atoms with E-state index in [9.17, 15) is 4.79 Å². The molecule has 154 valence electrons. The number of aromatic nitrogens is 2. The van der Waals surface area contributed by atoms with E-state index in [1.807, 2.05) is 44.4 Å². The minimum atomic E-state index is -0.474. The van der Waals surface area contributed by atoms with Gasteiger partial charge in [0.25, 0.3) is 0 Å². The molecule has 0 atom stereocenters. The summed E-state index contributed by atoms with van der Waals surface area (Å²) in [4.78, 5) is 23.5. The smallest absolute Gasteiger partial charge is 0.410 e. The molecule has 7 nitrogen and oxygen atoms in total. The van der Waals surface area contributed by atoms with Gasteiger partial charge in [0.2, 0.25) is 0 Å². The Bertz CT molecular complexity index is 954. The molecule has 0 aliphatic carbocycles. The molecule has 0 radical (unpaired) electrons. The van der Waals surface area contributed by atoms with Crippen molar-refractivity contribution in [1.29, 1.82) is 0 Å². The van der Waals surface area contributed by atoms with Gasteiger partial charge in [-0.1, -0.05) is 26.0 Å². The molecule has 1 saturated heterocycles. The van der Waals surface area contributed by atoms with E-state index in [0.29, 0.717) is 31.3 Å². The minimum Gasteiger partial charge on any atom is -0.410 e. The SMILES string of the molecule is CC.CCNC(=O)Oc1cccc(-c2nc(N3CCOCC3)c3sccc3n2)c1. The summed E-state index contributed by atoms with van der Waals surface area (Å²) in [6.45, 7) is 9.37. The van der Waals surface area contributed by atoms with Crippen LogP contribution in [-0.2, 0) is 4.74 Å². The summed E-state index contributed by atoms with van der Waals surface area (Å²) >= 11 is 1.64. The van der Waals surface area contributed by atoms with E-state index in [-0.39, 0.29) is 0 Å². The maximum Gasteiger partial charge on any atom is 0.412 e. The van der Waals surface area contributed by atoms with Gasteiger partial charge in [0.1, 0.15) is 5.75 Å². The van der Waals surface area contributed by atoms with Gasteiger partial charge in [-0.05, 0) is 30.5 Å². The monoisotopic (exact) mass is 414 g/mol. The number of carbonyl (C=O) groups excluding carboxylic acids is 1. The molecule has 3 aromatic rings. The van der Waals surface area contributed by atoms with Crippen molar-refractivity contribution in [1.82, 2.24) is 15.3 Å². The fourth-order valence-electron chi connectivity index (χ4n) is 2.95. The first-order valence-corrected chi connectivity index (χ1v) is 10.8. The predicted molar refractivity (Wildman–Crippen MR) is 117 cm³/mol. The molecule has 1 aliphatic rings. The molecule has 1 N–H and O–H groups in total. The molecule has 29 heavy (non-hydrogen) atoms. The molecule has 0 saturated carbocycles. The molecule has 4 rings (SSSR count). The van der Waals surface area contributed by atoms with Gasteiger partial charge in [-0.25, -0.2) is 14.8 Å². The van der Waals surface area contributed by atoms with E-state index in [1.165, 1.54) is 0 Å². The van der Waals surface area contributed by atoms with E-state index in [2.05, 4.69) is 10.2 Å². The number of hydrogen-bond donors (Lipinski definition) is 1. The van der Waals surface area contributed by atoms with Crippen LogP contribution in [-0.4, -0.2) is 48.9 Å². The van der Waals surface area contributed by atoms with Crippen LogP contribution in [0.4, 0.5) is 10.6 Å². The number of rotatable bonds is 4. The van der Waals surface area contributed by atoms with Crippen LogP contribution in [0.1, 0.15) is 20.8 Å². The van der Waals surface area contributed by atoms with Gasteiger partial charge in [-0.15, -0.1) is 11.3 Å². The zero-order valence-corrected chi connectivity index (χ0v) is 17.8. The lowest BCUT2D eigenvalue weighted by molar-refractivity contribution is 0.122. The van der Waals surface area contributed by atoms with Gasteiger partial charge in [0.15, 0.2) is 11.6 Å². The van der Waals surface area contributed by atoms with Gasteiger partial charge in [-0.2, -0.15) is 0 Å². The number of nitrogens with one attached hydrogen (secondary N) is 1. The Labute approximate surface area is 174 Å². The van der Waals surface area contributed by atoms with Crippen LogP contribution in [0.3, 0.4) is 0 Å². The molecule has 1 aromatic carbocycles. The summed E-state index contributed by atoms with van der Waals surface area (Å²) in [5.41, 5.74) is 1.72. The van der Waals surface area contributed by atoms with Crippen LogP contribution in [0.5, 0.6) is 5.75 Å². The maximum atomic E-state index is 11.7. The fourth-order valence-corrected chi connectivity index (χ4v) is 3.80. The first kappa shape index (κ1) is 21.0. The standard InChI is InChI=1S/C19H20N4O3S.C2H6/c1-2-20-19(24)26-14-5-3-4-13(12-14)17-21-15-6-11-27-16(15)18(22-17)23-7-9-25-10-8-23;1-2/h3-6,11-12H,2,7-10H2,1H3,(H,20,24);1-2H3. The van der Waals surface area contributed by atoms with Crippen LogP contribution in [0.25, 0.3) is 21.6 Å². The van der Waals surface area contributed by atoms with Crippen LogP contribution < -0.4 is 15.0 Å². The van der Waals surface area contributed by atoms with Crippen LogP contribution in [0.15, 0.2) is 35.7 Å². The fraction of sp³-hybridized carbons (Fsp3) is 0.381. The van der Waals surface area contributed by atoms with Gasteiger partial charge in [0.05, 0.1) is 23.4 Å². The van der Waals surface area contributed by atoms with Crippen molar-refractivity contribution in [2.45, 2.75) is 20.8 Å². The average Bonchev–Trinajstić information content (AvgIpc) is 3.24. The molecule has 1 amide bonds. The topological polar surface area (TPSA) is 76.6 Å². The summed E-state index contributed by atoms with van der Waals surface area (Å²) < 4.78 is 11.9. The van der Waals surface area contributed by atoms with Crippen molar-refractivity contribution in [2.24, 2.45) is 0 Å². The summed E-state index contributed by atoms with van der Waals surface area (Å²) in [5, 5.41) is 4.65. The van der Waals surface area contributed by atoms with Crippen molar-refractivity contribution in [3.05, 3.63) is 35.7 Å². The number of anilines is 1.